The molecule has 0 spiro atoms. The molecule has 0 bridgehead atoms. The Hall–Kier alpha value is -3.22. The molecule has 0 saturated heterocycles. The second kappa shape index (κ2) is 6.01. The molecule has 1 amide bonds. The Labute approximate surface area is 140 Å². The predicted molar refractivity (Wildman–Crippen MR) is 83.2 cm³/mol. The number of allylic oxidation sites excluding steroid dienone is 2. The van der Waals surface area contributed by atoms with E-state index in [0.717, 1.165) is 6.08 Å². The van der Waals surface area contributed by atoms with Gasteiger partial charge in [0.15, 0.2) is 5.78 Å². The fourth-order valence-electron chi connectivity index (χ4n) is 2.54. The highest BCUT2D eigenvalue weighted by Gasteiger charge is 2.46. The summed E-state index contributed by atoms with van der Waals surface area (Å²) in [6.45, 7) is 0. The summed E-state index contributed by atoms with van der Waals surface area (Å²) in [6.07, 6.45) is -4.45. The van der Waals surface area contributed by atoms with Crippen LogP contribution < -0.4 is 4.90 Å². The number of alkyl halides is 3. The average molecular weight is 345 g/mol. The van der Waals surface area contributed by atoms with Gasteiger partial charge in [-0.3, -0.25) is 19.3 Å². The van der Waals surface area contributed by atoms with E-state index in [1.165, 1.54) is 42.5 Å². The Morgan fingerprint density at radius 2 is 1.40 bits per heavy atom. The zero-order chi connectivity index (χ0) is 18.2. The zero-order valence-electron chi connectivity index (χ0n) is 12.6. The second-order valence-electron chi connectivity index (χ2n) is 5.24. The smallest absolute Gasteiger partial charge is 0.289 e. The number of benzene rings is 2. The van der Waals surface area contributed by atoms with Crippen molar-refractivity contribution in [2.75, 3.05) is 4.90 Å². The number of carbonyl (C=O) groups excluding carboxylic acids is 3. The molecule has 1 aliphatic rings. The number of fused-ring (bicyclic) bond motifs is 1. The van der Waals surface area contributed by atoms with Crippen molar-refractivity contribution in [2.24, 2.45) is 0 Å². The van der Waals surface area contributed by atoms with Crippen molar-refractivity contribution < 1.29 is 27.6 Å². The van der Waals surface area contributed by atoms with E-state index < -0.39 is 29.3 Å². The van der Waals surface area contributed by atoms with Crippen LogP contribution in [-0.4, -0.2) is 23.6 Å². The molecule has 0 aromatic heterocycles. The van der Waals surface area contributed by atoms with Gasteiger partial charge in [0.2, 0.25) is 5.78 Å². The lowest BCUT2D eigenvalue weighted by molar-refractivity contribution is -0.169. The molecular formula is C18H10F3NO3. The van der Waals surface area contributed by atoms with E-state index in [-0.39, 0.29) is 21.7 Å². The summed E-state index contributed by atoms with van der Waals surface area (Å²) in [5.41, 5.74) is -0.738. The van der Waals surface area contributed by atoms with E-state index in [0.29, 0.717) is 0 Å². The van der Waals surface area contributed by atoms with Gasteiger partial charge in [0.1, 0.15) is 5.70 Å². The van der Waals surface area contributed by atoms with Crippen molar-refractivity contribution in [3.05, 3.63) is 77.5 Å². The van der Waals surface area contributed by atoms with Gasteiger partial charge in [0.25, 0.3) is 0 Å². The molecule has 2 aromatic rings. The predicted octanol–water partition coefficient (Wildman–Crippen LogP) is 3.55. The van der Waals surface area contributed by atoms with Crippen LogP contribution in [0.1, 0.15) is 20.7 Å². The van der Waals surface area contributed by atoms with Gasteiger partial charge in [-0.1, -0.05) is 42.5 Å². The summed E-state index contributed by atoms with van der Waals surface area (Å²) in [6, 6.07) is 12.7. The molecule has 3 rings (SSSR count). The number of anilines is 1. The summed E-state index contributed by atoms with van der Waals surface area (Å²) in [5, 5.41) is 0. The number of hydrogen-bond donors (Lipinski definition) is 0. The van der Waals surface area contributed by atoms with Gasteiger partial charge >= 0.3 is 12.1 Å². The van der Waals surface area contributed by atoms with Crippen LogP contribution in [0.4, 0.5) is 18.9 Å². The normalized spacial score (nSPS) is 14.0. The minimum atomic E-state index is -5.21. The minimum Gasteiger partial charge on any atom is -0.289 e. The minimum absolute atomic E-state index is 0.0408. The fourth-order valence-corrected chi connectivity index (χ4v) is 2.54. The van der Waals surface area contributed by atoms with Crippen molar-refractivity contribution in [3.8, 4) is 0 Å². The largest absolute Gasteiger partial charge is 0.472 e. The number of rotatable bonds is 2. The number of ketones is 2. The molecule has 7 heteroatoms. The lowest BCUT2D eigenvalue weighted by Crippen LogP contribution is -2.43. The average Bonchev–Trinajstić information content (AvgIpc) is 2.59. The van der Waals surface area contributed by atoms with Crippen molar-refractivity contribution in [2.45, 2.75) is 6.18 Å². The number of para-hydroxylation sites is 1. The highest BCUT2D eigenvalue weighted by atomic mass is 19.4. The van der Waals surface area contributed by atoms with E-state index in [2.05, 4.69) is 0 Å². The first kappa shape index (κ1) is 16.6. The summed E-state index contributed by atoms with van der Waals surface area (Å²) in [4.78, 5) is 37.0. The van der Waals surface area contributed by atoms with Crippen molar-refractivity contribution in [1.82, 2.24) is 0 Å². The quantitative estimate of drug-likeness (QED) is 0.836. The van der Waals surface area contributed by atoms with Crippen LogP contribution in [0.5, 0.6) is 0 Å². The third kappa shape index (κ3) is 2.96. The van der Waals surface area contributed by atoms with Gasteiger partial charge in [-0.15, -0.1) is 0 Å². The van der Waals surface area contributed by atoms with Gasteiger partial charge in [0.05, 0.1) is 0 Å². The number of halogens is 3. The first-order chi connectivity index (χ1) is 11.8. The zero-order valence-corrected chi connectivity index (χ0v) is 12.6. The van der Waals surface area contributed by atoms with E-state index in [4.69, 9.17) is 0 Å². The fraction of sp³-hybridized carbons (Fsp3) is 0.0556. The SMILES string of the molecule is O=C1C=C(N(C(=O)C(F)(F)F)c2ccccc2)C(=O)c2ccccc21. The van der Waals surface area contributed by atoms with E-state index in [9.17, 15) is 27.6 Å². The Bertz CT molecular complexity index is 901. The van der Waals surface area contributed by atoms with Crippen molar-refractivity contribution in [3.63, 3.8) is 0 Å². The number of carbonyl (C=O) groups is 3. The molecule has 25 heavy (non-hydrogen) atoms. The molecule has 0 radical (unpaired) electrons. The highest BCUT2D eigenvalue weighted by molar-refractivity contribution is 6.28. The van der Waals surface area contributed by atoms with Gasteiger partial charge in [-0.25, -0.2) is 0 Å². The summed E-state index contributed by atoms with van der Waals surface area (Å²) in [5.74, 6) is -3.71. The number of hydrogen-bond acceptors (Lipinski definition) is 3. The molecule has 4 nitrogen and oxygen atoms in total. The van der Waals surface area contributed by atoms with E-state index in [1.54, 1.807) is 12.1 Å². The Morgan fingerprint density at radius 1 is 0.840 bits per heavy atom. The standard InChI is InChI=1S/C18H10F3NO3/c19-18(20,21)17(25)22(11-6-2-1-3-7-11)14-10-15(23)12-8-4-5-9-13(12)16(14)24/h1-10H. The van der Waals surface area contributed by atoms with Gasteiger partial charge in [-0.2, -0.15) is 13.2 Å². The number of nitrogens with zero attached hydrogens (tertiary/aromatic N) is 1. The number of amides is 1. The van der Waals surface area contributed by atoms with Crippen LogP contribution in [0.25, 0.3) is 0 Å². The maximum atomic E-state index is 13.0. The molecule has 0 atom stereocenters. The topological polar surface area (TPSA) is 54.5 Å². The molecule has 0 unspecified atom stereocenters. The lowest BCUT2D eigenvalue weighted by Gasteiger charge is -2.27. The van der Waals surface area contributed by atoms with Crippen LogP contribution in [0.2, 0.25) is 0 Å². The molecule has 1 aliphatic carbocycles. The summed E-state index contributed by atoms with van der Waals surface area (Å²) < 4.78 is 39.1. The van der Waals surface area contributed by atoms with Crippen molar-refractivity contribution in [1.29, 1.82) is 0 Å². The van der Waals surface area contributed by atoms with Gasteiger partial charge < -0.3 is 0 Å². The molecule has 0 aliphatic heterocycles. The van der Waals surface area contributed by atoms with Crippen LogP contribution in [0, 0.1) is 0 Å². The molecular weight excluding hydrogens is 335 g/mol. The summed E-state index contributed by atoms with van der Waals surface area (Å²) in [7, 11) is 0. The van der Waals surface area contributed by atoms with E-state index >= 15 is 0 Å². The Balaban J connectivity index is 2.16. The van der Waals surface area contributed by atoms with Gasteiger partial charge in [0, 0.05) is 22.9 Å². The van der Waals surface area contributed by atoms with Crippen LogP contribution >= 0.6 is 0 Å². The maximum Gasteiger partial charge on any atom is 0.472 e. The second-order valence-corrected chi connectivity index (χ2v) is 5.24. The van der Waals surface area contributed by atoms with Gasteiger partial charge in [-0.05, 0) is 12.1 Å². The van der Waals surface area contributed by atoms with Crippen LogP contribution in [-0.2, 0) is 4.79 Å². The first-order valence-electron chi connectivity index (χ1n) is 7.17. The lowest BCUT2D eigenvalue weighted by atomic mass is 9.92. The van der Waals surface area contributed by atoms with Crippen LogP contribution in [0.15, 0.2) is 66.4 Å². The maximum absolute atomic E-state index is 13.0. The monoisotopic (exact) mass is 345 g/mol. The molecule has 0 saturated carbocycles. The third-order valence-electron chi connectivity index (χ3n) is 3.64. The number of Topliss-reactive ketones (excluding diaryl/α,β-unsaturated/α-hetero) is 1. The molecule has 0 fully saturated rings. The summed E-state index contributed by atoms with van der Waals surface area (Å²) >= 11 is 0. The Kier molecular flexibility index (Phi) is 4.00. The highest BCUT2D eigenvalue weighted by Crippen LogP contribution is 2.31. The molecule has 0 heterocycles. The Morgan fingerprint density at radius 3 is 2.00 bits per heavy atom. The molecule has 0 N–H and O–H groups in total. The van der Waals surface area contributed by atoms with Crippen molar-refractivity contribution >= 4 is 23.2 Å². The first-order valence-corrected chi connectivity index (χ1v) is 7.17. The van der Waals surface area contributed by atoms with E-state index in [1.807, 2.05) is 0 Å². The molecule has 126 valence electrons. The van der Waals surface area contributed by atoms with Crippen LogP contribution in [0.3, 0.4) is 0 Å². The third-order valence-corrected chi connectivity index (χ3v) is 3.64. The molecule has 2 aromatic carbocycles.